The lowest BCUT2D eigenvalue weighted by atomic mass is 10.1. The van der Waals surface area contributed by atoms with Crippen LogP contribution in [0.5, 0.6) is 0 Å². The lowest BCUT2D eigenvalue weighted by molar-refractivity contribution is -0.384. The van der Waals surface area contributed by atoms with Gasteiger partial charge in [0.15, 0.2) is 0 Å². The van der Waals surface area contributed by atoms with Gasteiger partial charge in [-0.2, -0.15) is 13.2 Å². The minimum absolute atomic E-state index is 0.0781. The zero-order chi connectivity index (χ0) is 16.9. The molecule has 0 aromatic heterocycles. The molecule has 1 amide bonds. The smallest absolute Gasteiger partial charge is 0.330 e. The number of benzene rings is 1. The summed E-state index contributed by atoms with van der Waals surface area (Å²) in [6, 6.07) is 3.19. The third-order valence-electron chi connectivity index (χ3n) is 2.83. The zero-order valence-corrected chi connectivity index (χ0v) is 12.4. The highest BCUT2D eigenvalue weighted by atomic mass is 35.5. The molecule has 0 atom stereocenters. The molecule has 122 valence electrons. The molecule has 0 aliphatic heterocycles. The van der Waals surface area contributed by atoms with Gasteiger partial charge in [-0.05, 0) is 18.6 Å². The van der Waals surface area contributed by atoms with E-state index in [1.807, 2.05) is 0 Å². The minimum atomic E-state index is -4.54. The molecule has 0 N–H and O–H groups in total. The van der Waals surface area contributed by atoms with Crippen molar-refractivity contribution in [3.05, 3.63) is 38.9 Å². The molecule has 0 radical (unpaired) electrons. The Hall–Kier alpha value is -1.83. The molecule has 9 heteroatoms. The highest BCUT2D eigenvalue weighted by Crippen LogP contribution is 2.26. The Kier molecular flexibility index (Phi) is 6.16. The summed E-state index contributed by atoms with van der Waals surface area (Å²) in [4.78, 5) is 22.8. The molecule has 0 aliphatic carbocycles. The SMILES string of the molecule is CCCCN(CC(F)(F)F)C(=O)c1ccc(Cl)c([N+](=O)[O-])c1. The second-order valence-corrected chi connectivity index (χ2v) is 5.03. The maximum atomic E-state index is 12.6. The molecular formula is C13H14ClF3N2O3. The Morgan fingerprint density at radius 3 is 2.55 bits per heavy atom. The largest absolute Gasteiger partial charge is 0.406 e. The third-order valence-corrected chi connectivity index (χ3v) is 3.15. The van der Waals surface area contributed by atoms with Gasteiger partial charge in [-0.1, -0.05) is 24.9 Å². The summed E-state index contributed by atoms with van der Waals surface area (Å²) in [5.41, 5.74) is -0.716. The highest BCUT2D eigenvalue weighted by Gasteiger charge is 2.33. The van der Waals surface area contributed by atoms with Crippen molar-refractivity contribution >= 4 is 23.2 Å². The molecule has 0 spiro atoms. The van der Waals surface area contributed by atoms with Gasteiger partial charge in [0.2, 0.25) is 0 Å². The van der Waals surface area contributed by atoms with Crippen molar-refractivity contribution in [3.63, 3.8) is 0 Å². The molecule has 0 saturated carbocycles. The summed E-state index contributed by atoms with van der Waals surface area (Å²) in [6.45, 7) is 0.302. The van der Waals surface area contributed by atoms with Gasteiger partial charge in [-0.25, -0.2) is 0 Å². The van der Waals surface area contributed by atoms with Crippen LogP contribution in [-0.4, -0.2) is 35.0 Å². The van der Waals surface area contributed by atoms with E-state index in [2.05, 4.69) is 0 Å². The molecule has 0 bridgehead atoms. The predicted molar refractivity (Wildman–Crippen MR) is 75.0 cm³/mol. The quantitative estimate of drug-likeness (QED) is 0.580. The molecule has 1 rings (SSSR count). The lowest BCUT2D eigenvalue weighted by Crippen LogP contribution is -2.39. The Labute approximate surface area is 129 Å². The van der Waals surface area contributed by atoms with Gasteiger partial charge in [0.05, 0.1) is 4.92 Å². The number of nitrogens with zero attached hydrogens (tertiary/aromatic N) is 2. The first-order valence-corrected chi connectivity index (χ1v) is 6.83. The van der Waals surface area contributed by atoms with E-state index in [-0.39, 0.29) is 17.1 Å². The number of carbonyl (C=O) groups is 1. The minimum Gasteiger partial charge on any atom is -0.330 e. The van der Waals surface area contributed by atoms with E-state index >= 15 is 0 Å². The summed E-state index contributed by atoms with van der Waals surface area (Å²) >= 11 is 5.62. The van der Waals surface area contributed by atoms with Gasteiger partial charge in [-0.3, -0.25) is 14.9 Å². The summed E-state index contributed by atoms with van der Waals surface area (Å²) in [5, 5.41) is 10.6. The topological polar surface area (TPSA) is 63.5 Å². The second-order valence-electron chi connectivity index (χ2n) is 4.62. The summed E-state index contributed by atoms with van der Waals surface area (Å²) in [7, 11) is 0. The number of unbranched alkanes of at least 4 members (excludes halogenated alkanes) is 1. The number of alkyl halides is 3. The molecule has 0 fully saturated rings. The number of halogens is 4. The van der Waals surface area contributed by atoms with Crippen LogP contribution in [0.1, 0.15) is 30.1 Å². The molecule has 22 heavy (non-hydrogen) atoms. The second kappa shape index (κ2) is 7.44. The monoisotopic (exact) mass is 338 g/mol. The van der Waals surface area contributed by atoms with Gasteiger partial charge < -0.3 is 4.90 Å². The van der Waals surface area contributed by atoms with E-state index in [0.717, 1.165) is 12.1 Å². The average molecular weight is 339 g/mol. The Morgan fingerprint density at radius 1 is 1.41 bits per heavy atom. The normalized spacial score (nSPS) is 11.3. The third kappa shape index (κ3) is 5.18. The molecule has 0 aliphatic rings. The number of nitro groups is 1. The first-order chi connectivity index (χ1) is 10.2. The van der Waals surface area contributed by atoms with Crippen LogP contribution < -0.4 is 0 Å². The molecule has 0 heterocycles. The number of amides is 1. The zero-order valence-electron chi connectivity index (χ0n) is 11.7. The van der Waals surface area contributed by atoms with Crippen LogP contribution >= 0.6 is 11.6 Å². The molecule has 0 unspecified atom stereocenters. The maximum Gasteiger partial charge on any atom is 0.406 e. The summed E-state index contributed by atoms with van der Waals surface area (Å²) < 4.78 is 37.7. The van der Waals surface area contributed by atoms with Gasteiger partial charge in [0.25, 0.3) is 11.6 Å². The van der Waals surface area contributed by atoms with Crippen molar-refractivity contribution in [2.75, 3.05) is 13.1 Å². The fourth-order valence-corrected chi connectivity index (χ4v) is 1.97. The first-order valence-electron chi connectivity index (χ1n) is 6.45. The van der Waals surface area contributed by atoms with Crippen LogP contribution in [0.25, 0.3) is 0 Å². The average Bonchev–Trinajstić information content (AvgIpc) is 2.41. The van der Waals surface area contributed by atoms with E-state index in [9.17, 15) is 28.1 Å². The molecular weight excluding hydrogens is 325 g/mol. The summed E-state index contributed by atoms with van der Waals surface area (Å²) in [5.74, 6) is -0.912. The fraction of sp³-hybridized carbons (Fsp3) is 0.462. The molecule has 1 aromatic carbocycles. The van der Waals surface area contributed by atoms with Crippen molar-refractivity contribution in [1.29, 1.82) is 0 Å². The van der Waals surface area contributed by atoms with Crippen molar-refractivity contribution in [2.24, 2.45) is 0 Å². The van der Waals surface area contributed by atoms with Gasteiger partial charge in [0.1, 0.15) is 11.6 Å². The molecule has 5 nitrogen and oxygen atoms in total. The van der Waals surface area contributed by atoms with Crippen LogP contribution in [0.2, 0.25) is 5.02 Å². The van der Waals surface area contributed by atoms with Gasteiger partial charge >= 0.3 is 6.18 Å². The van der Waals surface area contributed by atoms with E-state index in [4.69, 9.17) is 11.6 Å². The van der Waals surface area contributed by atoms with E-state index in [1.165, 1.54) is 6.07 Å². The number of nitro benzene ring substituents is 1. The van der Waals surface area contributed by atoms with Crippen molar-refractivity contribution < 1.29 is 22.9 Å². The fourth-order valence-electron chi connectivity index (χ4n) is 1.79. The van der Waals surface area contributed by atoms with Crippen LogP contribution in [0, 0.1) is 10.1 Å². The van der Waals surface area contributed by atoms with Crippen molar-refractivity contribution in [3.8, 4) is 0 Å². The summed E-state index contributed by atoms with van der Waals surface area (Å²) in [6.07, 6.45) is -3.53. The number of rotatable bonds is 6. The van der Waals surface area contributed by atoms with Crippen LogP contribution in [0.15, 0.2) is 18.2 Å². The van der Waals surface area contributed by atoms with Gasteiger partial charge in [-0.15, -0.1) is 0 Å². The van der Waals surface area contributed by atoms with E-state index in [0.29, 0.717) is 17.7 Å². The first kappa shape index (κ1) is 18.2. The number of carbonyl (C=O) groups excluding carboxylic acids is 1. The van der Waals surface area contributed by atoms with E-state index in [1.54, 1.807) is 6.92 Å². The predicted octanol–water partition coefficient (Wildman–Crippen LogP) is 4.05. The molecule has 1 aromatic rings. The van der Waals surface area contributed by atoms with Crippen molar-refractivity contribution in [1.82, 2.24) is 4.90 Å². The van der Waals surface area contributed by atoms with Crippen LogP contribution in [0.4, 0.5) is 18.9 Å². The maximum absolute atomic E-state index is 12.6. The van der Waals surface area contributed by atoms with Gasteiger partial charge in [0, 0.05) is 18.2 Å². The standard InChI is InChI=1S/C13H14ClF3N2O3/c1-2-3-6-18(8-13(15,16)17)12(20)9-4-5-10(14)11(7-9)19(21)22/h4-5,7H,2-3,6,8H2,1H3. The lowest BCUT2D eigenvalue weighted by Gasteiger charge is -2.23. The van der Waals surface area contributed by atoms with Crippen LogP contribution in [-0.2, 0) is 0 Å². The number of hydrogen-bond acceptors (Lipinski definition) is 3. The van der Waals surface area contributed by atoms with Crippen LogP contribution in [0.3, 0.4) is 0 Å². The Balaban J connectivity index is 3.07. The van der Waals surface area contributed by atoms with Crippen molar-refractivity contribution in [2.45, 2.75) is 25.9 Å². The molecule has 0 saturated heterocycles. The highest BCUT2D eigenvalue weighted by molar-refractivity contribution is 6.32. The van der Waals surface area contributed by atoms with E-state index < -0.39 is 29.2 Å². The Bertz CT molecular complexity index is 564. The Morgan fingerprint density at radius 2 is 2.05 bits per heavy atom. The number of hydrogen-bond donors (Lipinski definition) is 0.